The van der Waals surface area contributed by atoms with Crippen LogP contribution in [0.25, 0.3) is 0 Å². The molecule has 1 aliphatic rings. The molecule has 5 heteroatoms. The highest BCUT2D eigenvalue weighted by Gasteiger charge is 2.34. The number of aliphatic hydroxyl groups is 1. The van der Waals surface area contributed by atoms with E-state index in [0.29, 0.717) is 11.6 Å². The summed E-state index contributed by atoms with van der Waals surface area (Å²) in [6.45, 7) is 6.18. The van der Waals surface area contributed by atoms with Gasteiger partial charge in [0.15, 0.2) is 6.10 Å². The molecular weight excluding hydrogens is 266 g/mol. The second kappa shape index (κ2) is 6.03. The van der Waals surface area contributed by atoms with Crippen LogP contribution in [-0.2, 0) is 4.79 Å². The number of fused-ring (bicyclic) bond motifs is 1. The second-order valence-corrected chi connectivity index (χ2v) is 5.94. The van der Waals surface area contributed by atoms with Gasteiger partial charge in [-0.3, -0.25) is 4.79 Å². The monoisotopic (exact) mass is 291 g/mol. The summed E-state index contributed by atoms with van der Waals surface area (Å²) in [4.78, 5) is 17.9. The number of hydrogen-bond donors (Lipinski definition) is 1. The number of likely N-dealkylation sites (N-methyl/N-ethyl adjacent to an activating group) is 3. The molecule has 0 aromatic heterocycles. The number of carbonyl (C=O) groups excluding carboxylic acids is 1. The summed E-state index contributed by atoms with van der Waals surface area (Å²) in [5, 5.41) is 9.92. The van der Waals surface area contributed by atoms with Crippen LogP contribution < -0.4 is 9.80 Å². The summed E-state index contributed by atoms with van der Waals surface area (Å²) < 4.78 is 0. The van der Waals surface area contributed by atoms with Crippen molar-refractivity contribution in [1.82, 2.24) is 4.90 Å². The van der Waals surface area contributed by atoms with E-state index in [2.05, 4.69) is 37.7 Å². The first-order chi connectivity index (χ1) is 9.86. The molecule has 0 aliphatic carbocycles. The molecule has 2 rings (SSSR count). The molecule has 1 heterocycles. The molecule has 2 unspecified atom stereocenters. The normalized spacial score (nSPS) is 19.1. The van der Waals surface area contributed by atoms with Crippen molar-refractivity contribution < 1.29 is 9.90 Å². The Hall–Kier alpha value is -1.59. The molecule has 1 amide bonds. The Morgan fingerprint density at radius 1 is 1.38 bits per heavy atom. The SMILES string of the molecule is CCN(c1ccc2c(c1)N(C)C(=O)C2O)C(C)CN(C)C. The van der Waals surface area contributed by atoms with Crippen molar-refractivity contribution in [2.45, 2.75) is 26.0 Å². The van der Waals surface area contributed by atoms with Crippen LogP contribution in [0.3, 0.4) is 0 Å². The molecule has 0 radical (unpaired) electrons. The third-order valence-electron chi connectivity index (χ3n) is 4.07. The predicted molar refractivity (Wildman–Crippen MR) is 85.8 cm³/mol. The maximum Gasteiger partial charge on any atom is 0.260 e. The summed E-state index contributed by atoms with van der Waals surface area (Å²) in [6, 6.07) is 6.22. The minimum absolute atomic E-state index is 0.258. The number of nitrogens with zero attached hydrogens (tertiary/aromatic N) is 3. The summed E-state index contributed by atoms with van der Waals surface area (Å²) in [5.74, 6) is -0.258. The number of aliphatic hydroxyl groups excluding tert-OH is 1. The first-order valence-corrected chi connectivity index (χ1v) is 7.37. The van der Waals surface area contributed by atoms with Crippen LogP contribution in [-0.4, -0.2) is 56.2 Å². The van der Waals surface area contributed by atoms with Crippen molar-refractivity contribution in [2.75, 3.05) is 44.0 Å². The van der Waals surface area contributed by atoms with Gasteiger partial charge < -0.3 is 19.8 Å². The van der Waals surface area contributed by atoms with Crippen LogP contribution in [0.1, 0.15) is 25.5 Å². The van der Waals surface area contributed by atoms with Gasteiger partial charge in [-0.05, 0) is 40.1 Å². The molecule has 21 heavy (non-hydrogen) atoms. The highest BCUT2D eigenvalue weighted by Crippen LogP contribution is 2.37. The number of carbonyl (C=O) groups is 1. The summed E-state index contributed by atoms with van der Waals surface area (Å²) in [7, 11) is 5.84. The van der Waals surface area contributed by atoms with Gasteiger partial charge in [0.05, 0.1) is 5.69 Å². The Morgan fingerprint density at radius 2 is 2.05 bits per heavy atom. The van der Waals surface area contributed by atoms with Gasteiger partial charge in [-0.1, -0.05) is 6.07 Å². The Morgan fingerprint density at radius 3 is 2.62 bits per heavy atom. The molecule has 1 N–H and O–H groups in total. The fraction of sp³-hybridized carbons (Fsp3) is 0.562. The molecule has 0 fully saturated rings. The lowest BCUT2D eigenvalue weighted by molar-refractivity contribution is -0.125. The number of anilines is 2. The standard InChI is InChI=1S/C16H25N3O2/c1-6-19(11(2)10-17(3)4)12-7-8-13-14(9-12)18(5)16(21)15(13)20/h7-9,11,15,20H,6,10H2,1-5H3. The van der Waals surface area contributed by atoms with Crippen LogP contribution in [0, 0.1) is 0 Å². The topological polar surface area (TPSA) is 47.0 Å². The molecular formula is C16H25N3O2. The molecule has 0 spiro atoms. The van der Waals surface area contributed by atoms with Crippen molar-refractivity contribution in [1.29, 1.82) is 0 Å². The van der Waals surface area contributed by atoms with Gasteiger partial charge in [0, 0.05) is 37.4 Å². The van der Waals surface area contributed by atoms with Crippen molar-refractivity contribution in [3.05, 3.63) is 23.8 Å². The largest absolute Gasteiger partial charge is 0.378 e. The molecule has 1 aliphatic heterocycles. The zero-order valence-electron chi connectivity index (χ0n) is 13.5. The van der Waals surface area contributed by atoms with E-state index in [1.54, 1.807) is 7.05 Å². The molecule has 5 nitrogen and oxygen atoms in total. The number of rotatable bonds is 5. The van der Waals surface area contributed by atoms with Crippen LogP contribution in [0.2, 0.25) is 0 Å². The highest BCUT2D eigenvalue weighted by molar-refractivity contribution is 6.03. The van der Waals surface area contributed by atoms with E-state index in [-0.39, 0.29) is 5.91 Å². The van der Waals surface area contributed by atoms with E-state index in [0.717, 1.165) is 24.5 Å². The molecule has 116 valence electrons. The van der Waals surface area contributed by atoms with E-state index in [1.165, 1.54) is 4.90 Å². The fourth-order valence-corrected chi connectivity index (χ4v) is 3.04. The summed E-state index contributed by atoms with van der Waals surface area (Å²) in [5.41, 5.74) is 2.59. The van der Waals surface area contributed by atoms with Crippen LogP contribution in [0.5, 0.6) is 0 Å². The molecule has 1 aromatic rings. The van der Waals surface area contributed by atoms with Crippen LogP contribution in [0.15, 0.2) is 18.2 Å². The Balaban J connectivity index is 2.31. The number of hydrogen-bond acceptors (Lipinski definition) is 4. The Bertz CT molecular complexity index is 530. The van der Waals surface area contributed by atoms with Gasteiger partial charge in [0.2, 0.25) is 0 Å². The van der Waals surface area contributed by atoms with Gasteiger partial charge in [0.1, 0.15) is 0 Å². The van der Waals surface area contributed by atoms with Gasteiger partial charge in [0.25, 0.3) is 5.91 Å². The second-order valence-electron chi connectivity index (χ2n) is 5.94. The van der Waals surface area contributed by atoms with Crippen LogP contribution >= 0.6 is 0 Å². The molecule has 0 bridgehead atoms. The summed E-state index contributed by atoms with van der Waals surface area (Å²) >= 11 is 0. The molecule has 0 saturated carbocycles. The number of benzene rings is 1. The van der Waals surface area contributed by atoms with Crippen molar-refractivity contribution in [3.63, 3.8) is 0 Å². The molecule has 2 atom stereocenters. The molecule has 1 aromatic carbocycles. The Kier molecular flexibility index (Phi) is 4.54. The van der Waals surface area contributed by atoms with Gasteiger partial charge >= 0.3 is 0 Å². The van der Waals surface area contributed by atoms with Crippen molar-refractivity contribution >= 4 is 17.3 Å². The lowest BCUT2D eigenvalue weighted by Gasteiger charge is -2.32. The van der Waals surface area contributed by atoms with E-state index >= 15 is 0 Å². The smallest absolute Gasteiger partial charge is 0.260 e. The first-order valence-electron chi connectivity index (χ1n) is 7.37. The van der Waals surface area contributed by atoms with Crippen molar-refractivity contribution in [3.8, 4) is 0 Å². The lowest BCUT2D eigenvalue weighted by atomic mass is 10.1. The highest BCUT2D eigenvalue weighted by atomic mass is 16.3. The van der Waals surface area contributed by atoms with E-state index < -0.39 is 6.10 Å². The predicted octanol–water partition coefficient (Wildman–Crippen LogP) is 1.47. The maximum atomic E-state index is 11.8. The van der Waals surface area contributed by atoms with E-state index in [4.69, 9.17) is 0 Å². The zero-order chi connectivity index (χ0) is 15.7. The first kappa shape index (κ1) is 15.8. The third-order valence-corrected chi connectivity index (χ3v) is 4.07. The minimum atomic E-state index is -1.02. The van der Waals surface area contributed by atoms with Crippen molar-refractivity contribution in [2.24, 2.45) is 0 Å². The lowest BCUT2D eigenvalue weighted by Crippen LogP contribution is -2.40. The number of amides is 1. The van der Waals surface area contributed by atoms with E-state index in [9.17, 15) is 9.90 Å². The maximum absolute atomic E-state index is 11.8. The average molecular weight is 291 g/mol. The van der Waals surface area contributed by atoms with Gasteiger partial charge in [-0.25, -0.2) is 0 Å². The van der Waals surface area contributed by atoms with E-state index in [1.807, 2.05) is 18.2 Å². The zero-order valence-corrected chi connectivity index (χ0v) is 13.5. The van der Waals surface area contributed by atoms with Gasteiger partial charge in [-0.2, -0.15) is 0 Å². The minimum Gasteiger partial charge on any atom is -0.378 e. The Labute approximate surface area is 126 Å². The quantitative estimate of drug-likeness (QED) is 0.892. The fourth-order valence-electron chi connectivity index (χ4n) is 3.04. The third kappa shape index (κ3) is 2.89. The summed E-state index contributed by atoms with van der Waals surface area (Å²) in [6.07, 6.45) is -1.02. The average Bonchev–Trinajstić information content (AvgIpc) is 2.64. The van der Waals surface area contributed by atoms with Crippen LogP contribution in [0.4, 0.5) is 11.4 Å². The molecule has 0 saturated heterocycles. The van der Waals surface area contributed by atoms with Gasteiger partial charge in [-0.15, -0.1) is 0 Å².